The van der Waals surface area contributed by atoms with Gasteiger partial charge in [-0.3, -0.25) is 4.79 Å². The Kier molecular flexibility index (Phi) is 6.11. The average molecular weight is 440 g/mol. The van der Waals surface area contributed by atoms with Gasteiger partial charge in [0, 0.05) is 26.2 Å². The van der Waals surface area contributed by atoms with Gasteiger partial charge in [-0.25, -0.2) is 8.42 Å². The van der Waals surface area contributed by atoms with Crippen molar-refractivity contribution in [2.75, 3.05) is 43.4 Å². The minimum atomic E-state index is -3.55. The van der Waals surface area contributed by atoms with Crippen molar-refractivity contribution in [3.8, 4) is 0 Å². The highest BCUT2D eigenvalue weighted by molar-refractivity contribution is 7.90. The van der Waals surface area contributed by atoms with Crippen LogP contribution in [0.4, 0.5) is 11.4 Å². The fourth-order valence-corrected chi connectivity index (χ4v) is 4.83. The summed E-state index contributed by atoms with van der Waals surface area (Å²) in [6.07, 6.45) is 0. The summed E-state index contributed by atoms with van der Waals surface area (Å²) >= 11 is 0. The fourth-order valence-electron chi connectivity index (χ4n) is 3.56. The molecular weight excluding hydrogens is 414 g/mol. The van der Waals surface area contributed by atoms with Crippen LogP contribution in [0.3, 0.4) is 0 Å². The molecule has 31 heavy (non-hydrogen) atoms. The van der Waals surface area contributed by atoms with E-state index < -0.39 is 15.7 Å². The molecule has 1 aliphatic rings. The lowest BCUT2D eigenvalue weighted by Gasteiger charge is -2.35. The summed E-state index contributed by atoms with van der Waals surface area (Å²) in [5.41, 5.74) is 1.66. The van der Waals surface area contributed by atoms with E-state index in [1.54, 1.807) is 30.3 Å². The first-order valence-electron chi connectivity index (χ1n) is 10.1. The minimum absolute atomic E-state index is 0.0754. The predicted molar refractivity (Wildman–Crippen MR) is 120 cm³/mol. The molecule has 1 fully saturated rings. The summed E-state index contributed by atoms with van der Waals surface area (Å²) in [6.45, 7) is 3.68. The van der Waals surface area contributed by atoms with E-state index in [0.29, 0.717) is 5.69 Å². The van der Waals surface area contributed by atoms with E-state index in [2.05, 4.69) is 22.2 Å². The molecule has 0 bridgehead atoms. The third-order valence-electron chi connectivity index (χ3n) is 5.32. The molecule has 1 aliphatic heterocycles. The van der Waals surface area contributed by atoms with E-state index in [0.717, 1.165) is 31.9 Å². The van der Waals surface area contributed by atoms with Crippen LogP contribution in [0.15, 0.2) is 76.0 Å². The van der Waals surface area contributed by atoms with Gasteiger partial charge in [-0.05, 0) is 43.4 Å². The summed E-state index contributed by atoms with van der Waals surface area (Å²) in [5, 5.41) is 2.91. The lowest BCUT2D eigenvalue weighted by molar-refractivity contribution is 0.0995. The standard InChI is InChI=1S/C23H25N3O4S/c1-25-13-15-26(16-14-25)21-10-6-5-9-20(21)24-23(27)22-12-11-18(30-22)17-31(28,29)19-7-3-2-4-8-19/h2-12H,13-17H2,1H3,(H,24,27). The van der Waals surface area contributed by atoms with Crippen LogP contribution in [0.25, 0.3) is 0 Å². The van der Waals surface area contributed by atoms with E-state index >= 15 is 0 Å². The summed E-state index contributed by atoms with van der Waals surface area (Å²) in [6, 6.07) is 18.9. The molecule has 0 aliphatic carbocycles. The molecule has 0 atom stereocenters. The summed E-state index contributed by atoms with van der Waals surface area (Å²) in [4.78, 5) is 17.5. The maximum absolute atomic E-state index is 12.8. The van der Waals surface area contributed by atoms with Gasteiger partial charge in [0.25, 0.3) is 5.91 Å². The first kappa shape index (κ1) is 21.1. The smallest absolute Gasteiger partial charge is 0.291 e. The number of anilines is 2. The van der Waals surface area contributed by atoms with Crippen molar-refractivity contribution in [2.24, 2.45) is 0 Å². The monoisotopic (exact) mass is 439 g/mol. The third kappa shape index (κ3) is 4.98. The van der Waals surface area contributed by atoms with Crippen LogP contribution in [0.1, 0.15) is 16.3 Å². The molecule has 162 valence electrons. The van der Waals surface area contributed by atoms with E-state index in [9.17, 15) is 13.2 Å². The van der Waals surface area contributed by atoms with E-state index in [1.165, 1.54) is 12.1 Å². The zero-order valence-corrected chi connectivity index (χ0v) is 18.1. The highest BCUT2D eigenvalue weighted by Crippen LogP contribution is 2.27. The Labute approximate surface area is 182 Å². The molecule has 0 spiro atoms. The highest BCUT2D eigenvalue weighted by Gasteiger charge is 2.21. The van der Waals surface area contributed by atoms with Crippen LogP contribution >= 0.6 is 0 Å². The molecule has 2 heterocycles. The zero-order valence-electron chi connectivity index (χ0n) is 17.3. The topological polar surface area (TPSA) is 82.9 Å². The molecule has 4 rings (SSSR count). The Hall–Kier alpha value is -3.10. The molecule has 1 N–H and O–H groups in total. The van der Waals surface area contributed by atoms with Gasteiger partial charge < -0.3 is 19.5 Å². The predicted octanol–water partition coefficient (Wildman–Crippen LogP) is 3.26. The number of likely N-dealkylation sites (N-methyl/N-ethyl adjacent to an activating group) is 1. The third-order valence-corrected chi connectivity index (χ3v) is 6.97. The Balaban J connectivity index is 1.47. The number of sulfone groups is 1. The number of amides is 1. The minimum Gasteiger partial charge on any atom is -0.455 e. The first-order chi connectivity index (χ1) is 14.9. The molecule has 0 unspecified atom stereocenters. The van der Waals surface area contributed by atoms with Crippen LogP contribution in [0, 0.1) is 0 Å². The van der Waals surface area contributed by atoms with E-state index in [4.69, 9.17) is 4.42 Å². The Morgan fingerprint density at radius 2 is 1.61 bits per heavy atom. The van der Waals surface area contributed by atoms with Crippen LogP contribution in [-0.2, 0) is 15.6 Å². The summed E-state index contributed by atoms with van der Waals surface area (Å²) < 4.78 is 30.7. The normalized spacial score (nSPS) is 15.1. The van der Waals surface area contributed by atoms with Crippen molar-refractivity contribution in [1.29, 1.82) is 0 Å². The number of nitrogens with zero attached hydrogens (tertiary/aromatic N) is 2. The van der Waals surface area contributed by atoms with Gasteiger partial charge in [0.1, 0.15) is 11.5 Å². The number of carbonyl (C=O) groups excluding carboxylic acids is 1. The SMILES string of the molecule is CN1CCN(c2ccccc2NC(=O)c2ccc(CS(=O)(=O)c3ccccc3)o2)CC1. The number of furan rings is 1. The Bertz CT molecular complexity index is 1150. The molecule has 1 saturated heterocycles. The number of rotatable bonds is 6. The number of piperazine rings is 1. The maximum Gasteiger partial charge on any atom is 0.291 e. The second kappa shape index (κ2) is 8.95. The largest absolute Gasteiger partial charge is 0.455 e. The van der Waals surface area contributed by atoms with Gasteiger partial charge in [-0.15, -0.1) is 0 Å². The molecule has 2 aromatic carbocycles. The Morgan fingerprint density at radius 3 is 2.35 bits per heavy atom. The van der Waals surface area contributed by atoms with Crippen LogP contribution in [0.5, 0.6) is 0 Å². The second-order valence-electron chi connectivity index (χ2n) is 7.60. The molecule has 0 saturated carbocycles. The van der Waals surface area contributed by atoms with Gasteiger partial charge in [0.15, 0.2) is 15.6 Å². The Morgan fingerprint density at radius 1 is 0.935 bits per heavy atom. The molecule has 1 amide bonds. The van der Waals surface area contributed by atoms with Crippen molar-refractivity contribution in [1.82, 2.24) is 4.90 Å². The van der Waals surface area contributed by atoms with E-state index in [1.807, 2.05) is 24.3 Å². The summed E-state index contributed by atoms with van der Waals surface area (Å²) in [5.74, 6) is -0.417. The molecular formula is C23H25N3O4S. The highest BCUT2D eigenvalue weighted by atomic mass is 32.2. The zero-order chi connectivity index (χ0) is 21.8. The first-order valence-corrected chi connectivity index (χ1v) is 11.8. The van der Waals surface area contributed by atoms with Crippen molar-refractivity contribution < 1.29 is 17.6 Å². The molecule has 0 radical (unpaired) electrons. The van der Waals surface area contributed by atoms with Gasteiger partial charge in [0.05, 0.1) is 16.3 Å². The number of nitrogens with one attached hydrogen (secondary N) is 1. The number of hydrogen-bond acceptors (Lipinski definition) is 6. The van der Waals surface area contributed by atoms with Gasteiger partial charge in [0.2, 0.25) is 0 Å². The molecule has 1 aromatic heterocycles. The maximum atomic E-state index is 12.8. The molecule has 3 aromatic rings. The quantitative estimate of drug-likeness (QED) is 0.635. The number of para-hydroxylation sites is 2. The van der Waals surface area contributed by atoms with Crippen molar-refractivity contribution >= 4 is 27.1 Å². The van der Waals surface area contributed by atoms with Crippen LogP contribution in [-0.4, -0.2) is 52.5 Å². The van der Waals surface area contributed by atoms with Crippen molar-refractivity contribution in [3.05, 3.63) is 78.3 Å². The summed E-state index contributed by atoms with van der Waals surface area (Å²) in [7, 11) is -1.45. The van der Waals surface area contributed by atoms with Crippen LogP contribution in [0.2, 0.25) is 0 Å². The number of carbonyl (C=O) groups is 1. The fraction of sp³-hybridized carbons (Fsp3) is 0.261. The van der Waals surface area contributed by atoms with Gasteiger partial charge in [-0.2, -0.15) is 0 Å². The van der Waals surface area contributed by atoms with E-state index in [-0.39, 0.29) is 22.2 Å². The molecule has 8 heteroatoms. The second-order valence-corrected chi connectivity index (χ2v) is 9.59. The van der Waals surface area contributed by atoms with Crippen molar-refractivity contribution in [3.63, 3.8) is 0 Å². The van der Waals surface area contributed by atoms with Crippen molar-refractivity contribution in [2.45, 2.75) is 10.6 Å². The number of hydrogen-bond donors (Lipinski definition) is 1. The van der Waals surface area contributed by atoms with Gasteiger partial charge in [-0.1, -0.05) is 30.3 Å². The molecule has 7 nitrogen and oxygen atoms in total. The van der Waals surface area contributed by atoms with Crippen LogP contribution < -0.4 is 10.2 Å². The van der Waals surface area contributed by atoms with Gasteiger partial charge >= 0.3 is 0 Å². The number of benzene rings is 2. The lowest BCUT2D eigenvalue weighted by atomic mass is 10.2. The average Bonchev–Trinajstić information content (AvgIpc) is 3.23. The lowest BCUT2D eigenvalue weighted by Crippen LogP contribution is -2.44.